The van der Waals surface area contributed by atoms with Gasteiger partial charge in [0.1, 0.15) is 0 Å². The lowest BCUT2D eigenvalue weighted by molar-refractivity contribution is -0.146. The lowest BCUT2D eigenvalue weighted by Gasteiger charge is -2.32. The number of nitrogens with zero attached hydrogens (tertiary/aromatic N) is 1. The fourth-order valence-electron chi connectivity index (χ4n) is 2.32. The lowest BCUT2D eigenvalue weighted by Crippen LogP contribution is -2.44. The highest BCUT2D eigenvalue weighted by Gasteiger charge is 2.29. The molecule has 17 heavy (non-hydrogen) atoms. The number of piperidine rings is 1. The van der Waals surface area contributed by atoms with Crippen LogP contribution in [0.2, 0.25) is 0 Å². The number of amides is 1. The molecular formula is C13H23NO3. The van der Waals surface area contributed by atoms with Gasteiger partial charge in [-0.2, -0.15) is 0 Å². The normalized spacial score (nSPS) is 22.2. The van der Waals surface area contributed by atoms with Gasteiger partial charge in [0.25, 0.3) is 0 Å². The largest absolute Gasteiger partial charge is 0.481 e. The van der Waals surface area contributed by atoms with Crippen molar-refractivity contribution in [2.24, 2.45) is 11.8 Å². The van der Waals surface area contributed by atoms with E-state index in [0.29, 0.717) is 13.0 Å². The monoisotopic (exact) mass is 241 g/mol. The molecular weight excluding hydrogens is 218 g/mol. The standard InChI is InChI=1S/C13H23NO3/c1-3-4-6-10(2)12(15)14-8-5-7-11(9-14)13(16)17/h10-11H,3-9H2,1-2H3,(H,16,17)/t10?,11-/m0/s1. The SMILES string of the molecule is CCCCC(C)C(=O)N1CCC[C@H](C(=O)O)C1. The van der Waals surface area contributed by atoms with Gasteiger partial charge < -0.3 is 10.0 Å². The van der Waals surface area contributed by atoms with E-state index in [1.54, 1.807) is 4.90 Å². The Morgan fingerprint density at radius 1 is 1.47 bits per heavy atom. The van der Waals surface area contributed by atoms with E-state index in [1.165, 1.54) is 0 Å². The third-order valence-electron chi connectivity index (χ3n) is 3.49. The molecule has 1 N–H and O–H groups in total. The molecule has 2 atom stereocenters. The Morgan fingerprint density at radius 3 is 2.76 bits per heavy atom. The molecule has 1 amide bonds. The highest BCUT2D eigenvalue weighted by Crippen LogP contribution is 2.20. The summed E-state index contributed by atoms with van der Waals surface area (Å²) in [4.78, 5) is 24.8. The van der Waals surface area contributed by atoms with Gasteiger partial charge in [-0.05, 0) is 19.3 Å². The number of hydrogen-bond donors (Lipinski definition) is 1. The first-order valence-electron chi connectivity index (χ1n) is 6.57. The quantitative estimate of drug-likeness (QED) is 0.802. The molecule has 1 heterocycles. The van der Waals surface area contributed by atoms with Crippen LogP contribution >= 0.6 is 0 Å². The van der Waals surface area contributed by atoms with Crippen molar-refractivity contribution >= 4 is 11.9 Å². The van der Waals surface area contributed by atoms with Crippen molar-refractivity contribution in [1.29, 1.82) is 0 Å². The van der Waals surface area contributed by atoms with Crippen molar-refractivity contribution in [1.82, 2.24) is 4.90 Å². The van der Waals surface area contributed by atoms with E-state index in [0.717, 1.165) is 32.2 Å². The highest BCUT2D eigenvalue weighted by atomic mass is 16.4. The summed E-state index contributed by atoms with van der Waals surface area (Å²) in [6.07, 6.45) is 4.56. The number of hydrogen-bond acceptors (Lipinski definition) is 2. The maximum Gasteiger partial charge on any atom is 0.308 e. The smallest absolute Gasteiger partial charge is 0.308 e. The average Bonchev–Trinajstić information content (AvgIpc) is 2.35. The van der Waals surface area contributed by atoms with E-state index in [2.05, 4.69) is 6.92 Å². The number of carboxylic acid groups (broad SMARTS) is 1. The first kappa shape index (κ1) is 14.0. The molecule has 0 spiro atoms. The lowest BCUT2D eigenvalue weighted by atomic mass is 9.95. The van der Waals surface area contributed by atoms with Crippen molar-refractivity contribution in [2.75, 3.05) is 13.1 Å². The molecule has 0 aromatic heterocycles. The summed E-state index contributed by atoms with van der Waals surface area (Å²) in [5.74, 6) is -0.985. The number of aliphatic carboxylic acids is 1. The zero-order valence-corrected chi connectivity index (χ0v) is 10.8. The van der Waals surface area contributed by atoms with Crippen molar-refractivity contribution in [3.63, 3.8) is 0 Å². The third-order valence-corrected chi connectivity index (χ3v) is 3.49. The summed E-state index contributed by atoms with van der Waals surface area (Å²) in [5.41, 5.74) is 0. The van der Waals surface area contributed by atoms with Crippen LogP contribution in [0.1, 0.15) is 46.0 Å². The minimum atomic E-state index is -0.774. The first-order valence-corrected chi connectivity index (χ1v) is 6.57. The molecule has 1 fully saturated rings. The van der Waals surface area contributed by atoms with Crippen molar-refractivity contribution in [3.8, 4) is 0 Å². The van der Waals surface area contributed by atoms with E-state index >= 15 is 0 Å². The van der Waals surface area contributed by atoms with Crippen molar-refractivity contribution in [3.05, 3.63) is 0 Å². The number of rotatable bonds is 5. The van der Waals surface area contributed by atoms with E-state index in [1.807, 2.05) is 6.92 Å². The summed E-state index contributed by atoms with van der Waals surface area (Å²) >= 11 is 0. The Kier molecular flexibility index (Phi) is 5.45. The third kappa shape index (κ3) is 4.02. The molecule has 0 bridgehead atoms. The number of carboxylic acids is 1. The zero-order valence-electron chi connectivity index (χ0n) is 10.8. The summed E-state index contributed by atoms with van der Waals surface area (Å²) in [6, 6.07) is 0. The zero-order chi connectivity index (χ0) is 12.8. The minimum absolute atomic E-state index is 0.0301. The molecule has 1 saturated heterocycles. The molecule has 0 radical (unpaired) electrons. The summed E-state index contributed by atoms with van der Waals surface area (Å²) in [7, 11) is 0. The second-order valence-electron chi connectivity index (χ2n) is 5.00. The topological polar surface area (TPSA) is 57.6 Å². The fraction of sp³-hybridized carbons (Fsp3) is 0.846. The Bertz CT molecular complexity index is 278. The van der Waals surface area contributed by atoms with E-state index in [-0.39, 0.29) is 17.7 Å². The molecule has 0 aliphatic carbocycles. The molecule has 98 valence electrons. The number of carbonyl (C=O) groups excluding carboxylic acids is 1. The average molecular weight is 241 g/mol. The van der Waals surface area contributed by atoms with E-state index < -0.39 is 5.97 Å². The van der Waals surface area contributed by atoms with Gasteiger partial charge in [-0.25, -0.2) is 0 Å². The number of carbonyl (C=O) groups is 2. The maximum absolute atomic E-state index is 12.1. The number of unbranched alkanes of at least 4 members (excludes halogenated alkanes) is 1. The summed E-state index contributed by atoms with van der Waals surface area (Å²) in [6.45, 7) is 5.17. The van der Waals surface area contributed by atoms with Crippen LogP contribution in [0.4, 0.5) is 0 Å². The van der Waals surface area contributed by atoms with Gasteiger partial charge in [0.15, 0.2) is 0 Å². The van der Waals surface area contributed by atoms with Crippen LogP contribution in [0.15, 0.2) is 0 Å². The maximum atomic E-state index is 12.1. The summed E-state index contributed by atoms with van der Waals surface area (Å²) < 4.78 is 0. The van der Waals surface area contributed by atoms with Crippen LogP contribution < -0.4 is 0 Å². The van der Waals surface area contributed by atoms with Crippen LogP contribution in [0, 0.1) is 11.8 Å². The fourth-order valence-corrected chi connectivity index (χ4v) is 2.32. The second kappa shape index (κ2) is 6.62. The van der Waals surface area contributed by atoms with Gasteiger partial charge in [-0.1, -0.05) is 26.7 Å². The second-order valence-corrected chi connectivity index (χ2v) is 5.00. The van der Waals surface area contributed by atoms with Gasteiger partial charge in [0.05, 0.1) is 5.92 Å². The van der Waals surface area contributed by atoms with Crippen LogP contribution in [0.25, 0.3) is 0 Å². The number of likely N-dealkylation sites (tertiary alicyclic amines) is 1. The van der Waals surface area contributed by atoms with Crippen molar-refractivity contribution < 1.29 is 14.7 Å². The molecule has 4 heteroatoms. The Morgan fingerprint density at radius 2 is 2.18 bits per heavy atom. The van der Waals surface area contributed by atoms with Crippen LogP contribution in [-0.4, -0.2) is 35.0 Å². The van der Waals surface area contributed by atoms with Gasteiger partial charge >= 0.3 is 5.97 Å². The van der Waals surface area contributed by atoms with E-state index in [4.69, 9.17) is 5.11 Å². The molecule has 1 aliphatic rings. The molecule has 1 aliphatic heterocycles. The molecule has 0 saturated carbocycles. The first-order chi connectivity index (χ1) is 8.06. The molecule has 0 aromatic rings. The molecule has 0 aromatic carbocycles. The predicted molar refractivity (Wildman–Crippen MR) is 65.6 cm³/mol. The Balaban J connectivity index is 2.48. The van der Waals surface area contributed by atoms with Gasteiger partial charge in [-0.15, -0.1) is 0 Å². The van der Waals surface area contributed by atoms with Crippen LogP contribution in [0.5, 0.6) is 0 Å². The Hall–Kier alpha value is -1.06. The van der Waals surface area contributed by atoms with Crippen molar-refractivity contribution in [2.45, 2.75) is 46.0 Å². The predicted octanol–water partition coefficient (Wildman–Crippen LogP) is 2.14. The highest BCUT2D eigenvalue weighted by molar-refractivity contribution is 5.79. The van der Waals surface area contributed by atoms with Crippen LogP contribution in [0.3, 0.4) is 0 Å². The summed E-state index contributed by atoms with van der Waals surface area (Å²) in [5, 5.41) is 8.98. The van der Waals surface area contributed by atoms with E-state index in [9.17, 15) is 9.59 Å². The Labute approximate surface area is 103 Å². The molecule has 1 unspecified atom stereocenters. The minimum Gasteiger partial charge on any atom is -0.481 e. The van der Waals surface area contributed by atoms with Gasteiger partial charge in [-0.3, -0.25) is 9.59 Å². The van der Waals surface area contributed by atoms with Crippen LogP contribution in [-0.2, 0) is 9.59 Å². The van der Waals surface area contributed by atoms with Gasteiger partial charge in [0, 0.05) is 19.0 Å². The molecule has 4 nitrogen and oxygen atoms in total. The molecule has 1 rings (SSSR count). The van der Waals surface area contributed by atoms with Gasteiger partial charge in [0.2, 0.25) is 5.91 Å².